The number of carbonyl (C=O) groups excluding carboxylic acids is 1. The third-order valence-corrected chi connectivity index (χ3v) is 2.12. The maximum Gasteiger partial charge on any atom is 0.306 e. The Hall–Kier alpha value is -0.570. The molecule has 0 spiro atoms. The van der Waals surface area contributed by atoms with Crippen molar-refractivity contribution in [2.45, 2.75) is 26.2 Å². The number of hydrogen-bond acceptors (Lipinski definition) is 3. The Morgan fingerprint density at radius 2 is 2.27 bits per heavy atom. The van der Waals surface area contributed by atoms with Crippen LogP contribution in [-0.2, 0) is 9.53 Å². The Morgan fingerprint density at radius 1 is 1.64 bits per heavy atom. The summed E-state index contributed by atoms with van der Waals surface area (Å²) in [4.78, 5) is 10.9. The number of esters is 1. The smallest absolute Gasteiger partial charge is 0.306 e. The fraction of sp³-hybridized carbons (Fsp3) is 0.875. The minimum Gasteiger partial charge on any atom is -0.466 e. The number of ether oxygens (including phenoxy) is 1. The van der Waals surface area contributed by atoms with Crippen LogP contribution in [0.2, 0.25) is 0 Å². The Bertz CT molecular complexity index is 149. The molecule has 0 amide bonds. The fourth-order valence-electron chi connectivity index (χ4n) is 1.09. The highest BCUT2D eigenvalue weighted by molar-refractivity contribution is 5.70. The van der Waals surface area contributed by atoms with Crippen LogP contribution in [-0.4, -0.2) is 24.3 Å². The second-order valence-electron chi connectivity index (χ2n) is 3.14. The molecule has 0 saturated heterocycles. The zero-order valence-corrected chi connectivity index (χ0v) is 6.80. The van der Waals surface area contributed by atoms with Crippen LogP contribution in [0, 0.1) is 5.41 Å². The van der Waals surface area contributed by atoms with E-state index in [0.717, 1.165) is 12.8 Å². The second-order valence-corrected chi connectivity index (χ2v) is 3.14. The summed E-state index contributed by atoms with van der Waals surface area (Å²) in [5.74, 6) is -0.181. The molecule has 0 aliphatic heterocycles. The molecule has 3 heteroatoms. The molecule has 1 fully saturated rings. The van der Waals surface area contributed by atoms with E-state index in [1.165, 1.54) is 0 Å². The number of hydrogen-bond donors (Lipinski definition) is 1. The lowest BCUT2D eigenvalue weighted by Gasteiger charge is -2.09. The minimum absolute atomic E-state index is 0.105. The van der Waals surface area contributed by atoms with Crippen molar-refractivity contribution in [3.63, 3.8) is 0 Å². The fourth-order valence-corrected chi connectivity index (χ4v) is 1.09. The van der Waals surface area contributed by atoms with Crippen molar-refractivity contribution in [3.05, 3.63) is 0 Å². The van der Waals surface area contributed by atoms with Crippen LogP contribution >= 0.6 is 0 Å². The van der Waals surface area contributed by atoms with Crippen molar-refractivity contribution in [1.29, 1.82) is 0 Å². The predicted molar refractivity (Wildman–Crippen MR) is 40.0 cm³/mol. The Balaban J connectivity index is 2.24. The molecule has 1 aliphatic carbocycles. The number of carbonyl (C=O) groups is 1. The van der Waals surface area contributed by atoms with E-state index in [9.17, 15) is 4.79 Å². The molecule has 1 N–H and O–H groups in total. The second kappa shape index (κ2) is 3.22. The van der Waals surface area contributed by atoms with Gasteiger partial charge >= 0.3 is 5.97 Å². The van der Waals surface area contributed by atoms with Crippen LogP contribution in [0.1, 0.15) is 26.2 Å². The first-order chi connectivity index (χ1) is 5.22. The molecular weight excluding hydrogens is 144 g/mol. The van der Waals surface area contributed by atoms with Gasteiger partial charge in [-0.15, -0.1) is 0 Å². The summed E-state index contributed by atoms with van der Waals surface area (Å²) < 4.78 is 4.77. The number of aliphatic hydroxyl groups excluding tert-OH is 1. The molecule has 1 rings (SSSR count). The van der Waals surface area contributed by atoms with Crippen LogP contribution in [0.3, 0.4) is 0 Å². The van der Waals surface area contributed by atoms with Crippen molar-refractivity contribution in [2.75, 3.05) is 13.2 Å². The topological polar surface area (TPSA) is 46.5 Å². The van der Waals surface area contributed by atoms with Gasteiger partial charge in [-0.3, -0.25) is 4.79 Å². The molecule has 0 aromatic carbocycles. The summed E-state index contributed by atoms with van der Waals surface area (Å²) in [6.07, 6.45) is 2.31. The molecule has 0 radical (unpaired) electrons. The van der Waals surface area contributed by atoms with Gasteiger partial charge in [-0.05, 0) is 19.8 Å². The molecule has 0 aromatic heterocycles. The van der Waals surface area contributed by atoms with Crippen LogP contribution in [0.25, 0.3) is 0 Å². The first kappa shape index (κ1) is 8.53. The molecule has 0 aromatic rings. The van der Waals surface area contributed by atoms with E-state index in [1.807, 2.05) is 0 Å². The zero-order chi connectivity index (χ0) is 8.32. The monoisotopic (exact) mass is 158 g/mol. The molecule has 0 unspecified atom stereocenters. The van der Waals surface area contributed by atoms with Crippen LogP contribution in [0.5, 0.6) is 0 Å². The Kier molecular flexibility index (Phi) is 2.49. The van der Waals surface area contributed by atoms with E-state index in [-0.39, 0.29) is 18.0 Å². The number of rotatable bonds is 4. The van der Waals surface area contributed by atoms with Gasteiger partial charge < -0.3 is 9.84 Å². The molecular formula is C8H14O3. The Labute approximate surface area is 66.4 Å². The normalized spacial score (nSPS) is 19.5. The van der Waals surface area contributed by atoms with E-state index in [0.29, 0.717) is 13.0 Å². The van der Waals surface area contributed by atoms with Gasteiger partial charge in [0.1, 0.15) is 0 Å². The lowest BCUT2D eigenvalue weighted by atomic mass is 10.0. The first-order valence-corrected chi connectivity index (χ1v) is 3.99. The maximum atomic E-state index is 10.9. The van der Waals surface area contributed by atoms with Crippen LogP contribution in [0.15, 0.2) is 0 Å². The largest absolute Gasteiger partial charge is 0.466 e. The van der Waals surface area contributed by atoms with E-state index in [2.05, 4.69) is 0 Å². The Morgan fingerprint density at radius 3 is 2.64 bits per heavy atom. The summed E-state index contributed by atoms with van der Waals surface area (Å²) in [6.45, 7) is 2.34. The van der Waals surface area contributed by atoms with E-state index in [1.54, 1.807) is 6.92 Å². The maximum absolute atomic E-state index is 10.9. The van der Waals surface area contributed by atoms with Gasteiger partial charge in [0, 0.05) is 12.0 Å². The summed E-state index contributed by atoms with van der Waals surface area (Å²) in [5.41, 5.74) is -0.105. The molecule has 3 nitrogen and oxygen atoms in total. The van der Waals surface area contributed by atoms with E-state index in [4.69, 9.17) is 9.84 Å². The average Bonchev–Trinajstić information content (AvgIpc) is 2.70. The number of aliphatic hydroxyl groups is 1. The van der Waals surface area contributed by atoms with Gasteiger partial charge in [0.2, 0.25) is 0 Å². The highest BCUT2D eigenvalue weighted by Gasteiger charge is 2.44. The van der Waals surface area contributed by atoms with Crippen LogP contribution < -0.4 is 0 Å². The van der Waals surface area contributed by atoms with Crippen LogP contribution in [0.4, 0.5) is 0 Å². The molecule has 0 bridgehead atoms. The molecule has 1 saturated carbocycles. The zero-order valence-electron chi connectivity index (χ0n) is 6.80. The summed E-state index contributed by atoms with van der Waals surface area (Å²) >= 11 is 0. The van der Waals surface area contributed by atoms with Crippen molar-refractivity contribution < 1.29 is 14.6 Å². The SMILES string of the molecule is CCOC(=O)CC1(CO)CC1. The molecule has 64 valence electrons. The van der Waals surface area contributed by atoms with Gasteiger partial charge in [0.25, 0.3) is 0 Å². The first-order valence-electron chi connectivity index (χ1n) is 3.99. The summed E-state index contributed by atoms with van der Waals surface area (Å²) in [5, 5.41) is 8.87. The highest BCUT2D eigenvalue weighted by atomic mass is 16.5. The minimum atomic E-state index is -0.181. The van der Waals surface area contributed by atoms with Crippen molar-refractivity contribution in [2.24, 2.45) is 5.41 Å². The van der Waals surface area contributed by atoms with Crippen molar-refractivity contribution in [1.82, 2.24) is 0 Å². The van der Waals surface area contributed by atoms with Gasteiger partial charge in [-0.1, -0.05) is 0 Å². The van der Waals surface area contributed by atoms with Gasteiger partial charge in [-0.25, -0.2) is 0 Å². The summed E-state index contributed by atoms with van der Waals surface area (Å²) in [6, 6.07) is 0. The van der Waals surface area contributed by atoms with E-state index >= 15 is 0 Å². The lowest BCUT2D eigenvalue weighted by molar-refractivity contribution is -0.145. The molecule has 0 heterocycles. The van der Waals surface area contributed by atoms with Crippen molar-refractivity contribution in [3.8, 4) is 0 Å². The summed E-state index contributed by atoms with van der Waals surface area (Å²) in [7, 11) is 0. The predicted octanol–water partition coefficient (Wildman–Crippen LogP) is 0.712. The van der Waals surface area contributed by atoms with Crippen molar-refractivity contribution >= 4 is 5.97 Å². The van der Waals surface area contributed by atoms with Gasteiger partial charge in [0.05, 0.1) is 13.0 Å². The third-order valence-electron chi connectivity index (χ3n) is 2.12. The molecule has 11 heavy (non-hydrogen) atoms. The van der Waals surface area contributed by atoms with E-state index < -0.39 is 0 Å². The lowest BCUT2D eigenvalue weighted by Crippen LogP contribution is -2.15. The molecule has 1 aliphatic rings. The third kappa shape index (κ3) is 2.19. The standard InChI is InChI=1S/C8H14O3/c1-2-11-7(10)5-8(6-9)3-4-8/h9H,2-6H2,1H3. The molecule has 0 atom stereocenters. The van der Waals surface area contributed by atoms with Gasteiger partial charge in [0.15, 0.2) is 0 Å². The van der Waals surface area contributed by atoms with Gasteiger partial charge in [-0.2, -0.15) is 0 Å². The average molecular weight is 158 g/mol. The quantitative estimate of drug-likeness (QED) is 0.613. The highest BCUT2D eigenvalue weighted by Crippen LogP contribution is 2.48.